The molecule has 20 heavy (non-hydrogen) atoms. The molecule has 0 aromatic heterocycles. The predicted molar refractivity (Wildman–Crippen MR) is 80.6 cm³/mol. The first-order chi connectivity index (χ1) is 9.56. The Morgan fingerprint density at radius 3 is 2.95 bits per heavy atom. The van der Waals surface area contributed by atoms with Gasteiger partial charge < -0.3 is 10.4 Å². The second kappa shape index (κ2) is 6.89. The van der Waals surface area contributed by atoms with Crippen LogP contribution in [0, 0.1) is 12.8 Å². The van der Waals surface area contributed by atoms with Gasteiger partial charge in [0.25, 0.3) is 0 Å². The zero-order valence-corrected chi connectivity index (χ0v) is 12.4. The largest absolute Gasteiger partial charge is 0.393 e. The second-order valence-electron chi connectivity index (χ2n) is 6.07. The van der Waals surface area contributed by atoms with Crippen LogP contribution >= 0.6 is 0 Å². The Morgan fingerprint density at radius 1 is 1.45 bits per heavy atom. The molecule has 2 N–H and O–H groups in total. The standard InChI is InChI=1S/C17H25NO2/c1-12-5-3-7-15(9-12)13(2)17(20)18-11-14-6-4-8-16(19)10-14/h3,5,7,9,13-14,16,19H,4,6,8,10-11H2,1-2H3,(H,18,20). The minimum Gasteiger partial charge on any atom is -0.393 e. The molecule has 0 aliphatic heterocycles. The van der Waals surface area contributed by atoms with E-state index in [1.165, 1.54) is 5.56 Å². The highest BCUT2D eigenvalue weighted by Crippen LogP contribution is 2.24. The molecule has 3 atom stereocenters. The molecule has 1 aliphatic carbocycles. The van der Waals surface area contributed by atoms with E-state index >= 15 is 0 Å². The van der Waals surface area contributed by atoms with Gasteiger partial charge in [0.15, 0.2) is 0 Å². The first-order valence-electron chi connectivity index (χ1n) is 7.58. The maximum Gasteiger partial charge on any atom is 0.227 e. The van der Waals surface area contributed by atoms with E-state index in [2.05, 4.69) is 11.4 Å². The van der Waals surface area contributed by atoms with Crippen molar-refractivity contribution in [2.45, 2.75) is 51.6 Å². The molecule has 0 radical (unpaired) electrons. The van der Waals surface area contributed by atoms with Gasteiger partial charge in [0.2, 0.25) is 5.91 Å². The molecule has 1 amide bonds. The third-order valence-corrected chi connectivity index (χ3v) is 4.26. The van der Waals surface area contributed by atoms with Crippen LogP contribution in [0.25, 0.3) is 0 Å². The topological polar surface area (TPSA) is 49.3 Å². The zero-order chi connectivity index (χ0) is 14.5. The van der Waals surface area contributed by atoms with E-state index in [0.717, 1.165) is 31.2 Å². The van der Waals surface area contributed by atoms with Crippen LogP contribution in [-0.4, -0.2) is 23.7 Å². The summed E-state index contributed by atoms with van der Waals surface area (Å²) in [5.74, 6) is 0.381. The lowest BCUT2D eigenvalue weighted by Gasteiger charge is -2.26. The third kappa shape index (κ3) is 4.07. The number of aliphatic hydroxyl groups excluding tert-OH is 1. The number of carbonyl (C=O) groups excluding carboxylic acids is 1. The summed E-state index contributed by atoms with van der Waals surface area (Å²) in [6.45, 7) is 4.67. The highest BCUT2D eigenvalue weighted by Gasteiger charge is 2.22. The van der Waals surface area contributed by atoms with Crippen molar-refractivity contribution >= 4 is 5.91 Å². The molecule has 0 spiro atoms. The number of carbonyl (C=O) groups is 1. The van der Waals surface area contributed by atoms with Gasteiger partial charge in [-0.15, -0.1) is 0 Å². The fraction of sp³-hybridized carbons (Fsp3) is 0.588. The molecule has 0 bridgehead atoms. The lowest BCUT2D eigenvalue weighted by molar-refractivity contribution is -0.122. The van der Waals surface area contributed by atoms with E-state index < -0.39 is 0 Å². The van der Waals surface area contributed by atoms with Crippen LogP contribution in [0.5, 0.6) is 0 Å². The monoisotopic (exact) mass is 275 g/mol. The maximum atomic E-state index is 12.2. The van der Waals surface area contributed by atoms with Gasteiger partial charge >= 0.3 is 0 Å². The smallest absolute Gasteiger partial charge is 0.227 e. The van der Waals surface area contributed by atoms with Crippen LogP contribution in [0.2, 0.25) is 0 Å². The van der Waals surface area contributed by atoms with Crippen molar-refractivity contribution in [1.29, 1.82) is 0 Å². The van der Waals surface area contributed by atoms with E-state index in [1.807, 2.05) is 32.0 Å². The summed E-state index contributed by atoms with van der Waals surface area (Å²) in [4.78, 5) is 12.2. The van der Waals surface area contributed by atoms with Crippen molar-refractivity contribution in [2.75, 3.05) is 6.54 Å². The summed E-state index contributed by atoms with van der Waals surface area (Å²) in [7, 11) is 0. The summed E-state index contributed by atoms with van der Waals surface area (Å²) >= 11 is 0. The Labute approximate surface area is 121 Å². The Hall–Kier alpha value is -1.35. The molecule has 3 nitrogen and oxygen atoms in total. The van der Waals surface area contributed by atoms with Gasteiger partial charge in [-0.1, -0.05) is 36.2 Å². The summed E-state index contributed by atoms with van der Waals surface area (Å²) in [6.07, 6.45) is 3.72. The fourth-order valence-electron chi connectivity index (χ4n) is 2.94. The van der Waals surface area contributed by atoms with Gasteiger partial charge in [0.05, 0.1) is 12.0 Å². The number of amides is 1. The van der Waals surface area contributed by atoms with Crippen molar-refractivity contribution in [3.63, 3.8) is 0 Å². The number of aryl methyl sites for hydroxylation is 1. The lowest BCUT2D eigenvalue weighted by Crippen LogP contribution is -2.35. The molecule has 3 heteroatoms. The van der Waals surface area contributed by atoms with E-state index in [0.29, 0.717) is 12.5 Å². The predicted octanol–water partition coefficient (Wildman–Crippen LogP) is 2.77. The van der Waals surface area contributed by atoms with Crippen LogP contribution in [0.3, 0.4) is 0 Å². The normalized spacial score (nSPS) is 24.1. The molecule has 2 rings (SSSR count). The van der Waals surface area contributed by atoms with Gasteiger partial charge in [0.1, 0.15) is 0 Å². The number of rotatable bonds is 4. The van der Waals surface area contributed by atoms with Crippen molar-refractivity contribution in [3.8, 4) is 0 Å². The molecule has 1 aliphatic rings. The van der Waals surface area contributed by atoms with Crippen molar-refractivity contribution in [1.82, 2.24) is 5.32 Å². The maximum absolute atomic E-state index is 12.2. The second-order valence-corrected chi connectivity index (χ2v) is 6.07. The lowest BCUT2D eigenvalue weighted by atomic mass is 9.87. The molecule has 1 aromatic rings. The van der Waals surface area contributed by atoms with Crippen molar-refractivity contribution in [3.05, 3.63) is 35.4 Å². The number of nitrogens with one attached hydrogen (secondary N) is 1. The highest BCUT2D eigenvalue weighted by atomic mass is 16.3. The fourth-order valence-corrected chi connectivity index (χ4v) is 2.94. The summed E-state index contributed by atoms with van der Waals surface area (Å²) in [5.41, 5.74) is 2.24. The zero-order valence-electron chi connectivity index (χ0n) is 12.4. The third-order valence-electron chi connectivity index (χ3n) is 4.26. The van der Waals surface area contributed by atoms with E-state index in [4.69, 9.17) is 0 Å². The molecule has 110 valence electrons. The Bertz CT molecular complexity index is 458. The molecular formula is C17H25NO2. The number of hydrogen-bond acceptors (Lipinski definition) is 2. The Morgan fingerprint density at radius 2 is 2.25 bits per heavy atom. The molecule has 1 fully saturated rings. The van der Waals surface area contributed by atoms with Crippen molar-refractivity contribution < 1.29 is 9.90 Å². The summed E-state index contributed by atoms with van der Waals surface area (Å²) in [5, 5.41) is 12.7. The summed E-state index contributed by atoms with van der Waals surface area (Å²) < 4.78 is 0. The van der Waals surface area contributed by atoms with Gasteiger partial charge in [-0.3, -0.25) is 4.79 Å². The van der Waals surface area contributed by atoms with Gasteiger partial charge in [-0.25, -0.2) is 0 Å². The van der Waals surface area contributed by atoms with Crippen LogP contribution < -0.4 is 5.32 Å². The number of hydrogen-bond donors (Lipinski definition) is 2. The Balaban J connectivity index is 1.85. The number of benzene rings is 1. The van der Waals surface area contributed by atoms with Crippen molar-refractivity contribution in [2.24, 2.45) is 5.92 Å². The molecule has 0 saturated heterocycles. The van der Waals surface area contributed by atoms with Gasteiger partial charge in [0, 0.05) is 6.54 Å². The number of aliphatic hydroxyl groups is 1. The van der Waals surface area contributed by atoms with Crippen LogP contribution in [0.15, 0.2) is 24.3 Å². The first kappa shape index (κ1) is 15.0. The van der Waals surface area contributed by atoms with E-state index in [1.54, 1.807) is 0 Å². The Kier molecular flexibility index (Phi) is 5.18. The van der Waals surface area contributed by atoms with E-state index in [-0.39, 0.29) is 17.9 Å². The van der Waals surface area contributed by atoms with E-state index in [9.17, 15) is 9.90 Å². The van der Waals surface area contributed by atoms with Crippen LogP contribution in [0.4, 0.5) is 0 Å². The molecule has 1 aromatic carbocycles. The first-order valence-corrected chi connectivity index (χ1v) is 7.58. The molecule has 3 unspecified atom stereocenters. The minimum atomic E-state index is -0.181. The quantitative estimate of drug-likeness (QED) is 0.887. The minimum absolute atomic E-state index is 0.0793. The average Bonchev–Trinajstić information content (AvgIpc) is 2.44. The SMILES string of the molecule is Cc1cccc(C(C)C(=O)NCC2CCCC(O)C2)c1. The average molecular weight is 275 g/mol. The summed E-state index contributed by atoms with van der Waals surface area (Å²) in [6, 6.07) is 8.10. The van der Waals surface area contributed by atoms with Crippen LogP contribution in [0.1, 0.15) is 49.7 Å². The van der Waals surface area contributed by atoms with Gasteiger partial charge in [-0.05, 0) is 44.6 Å². The molecular weight excluding hydrogens is 250 g/mol. The van der Waals surface area contributed by atoms with Gasteiger partial charge in [-0.2, -0.15) is 0 Å². The molecule has 1 saturated carbocycles. The van der Waals surface area contributed by atoms with Crippen LogP contribution in [-0.2, 0) is 4.79 Å². The highest BCUT2D eigenvalue weighted by molar-refractivity contribution is 5.83. The molecule has 0 heterocycles.